The van der Waals surface area contributed by atoms with Crippen molar-refractivity contribution in [2.75, 3.05) is 13.1 Å². The Morgan fingerprint density at radius 3 is 2.65 bits per heavy atom. The van der Waals surface area contributed by atoms with Gasteiger partial charge in [0.1, 0.15) is 5.01 Å². The van der Waals surface area contributed by atoms with Gasteiger partial charge in [0.2, 0.25) is 0 Å². The highest BCUT2D eigenvalue weighted by Crippen LogP contribution is 2.18. The number of rotatable bonds is 8. The van der Waals surface area contributed by atoms with Gasteiger partial charge in [-0.1, -0.05) is 13.8 Å². The summed E-state index contributed by atoms with van der Waals surface area (Å²) in [5.74, 6) is 1.31. The monoisotopic (exact) mass is 490 g/mol. The minimum absolute atomic E-state index is 0. The summed E-state index contributed by atoms with van der Waals surface area (Å²) in [4.78, 5) is 9.28. The van der Waals surface area contributed by atoms with Crippen LogP contribution in [0.25, 0.3) is 0 Å². The number of hydrogen-bond acceptors (Lipinski definition) is 4. The second-order valence-electron chi connectivity index (χ2n) is 6.45. The van der Waals surface area contributed by atoms with E-state index in [9.17, 15) is 0 Å². The Kier molecular flexibility index (Phi) is 10.1. The molecule has 0 fully saturated rings. The van der Waals surface area contributed by atoms with Crippen LogP contribution in [0.15, 0.2) is 16.4 Å². The fourth-order valence-corrected chi connectivity index (χ4v) is 3.37. The SMILES string of the molecule is CCNC(=NCc1nc(C(C)C)cs1)NCCCn1nc(C)cc1C.I. The summed E-state index contributed by atoms with van der Waals surface area (Å²) in [6, 6.07) is 2.11. The van der Waals surface area contributed by atoms with Crippen molar-refractivity contribution in [3.8, 4) is 0 Å². The van der Waals surface area contributed by atoms with E-state index in [0.717, 1.165) is 48.4 Å². The van der Waals surface area contributed by atoms with Gasteiger partial charge in [0.05, 0.1) is 17.9 Å². The van der Waals surface area contributed by atoms with Crippen molar-refractivity contribution in [2.24, 2.45) is 4.99 Å². The predicted octanol–water partition coefficient (Wildman–Crippen LogP) is 3.84. The Hall–Kier alpha value is -1.16. The first kappa shape index (κ1) is 22.9. The summed E-state index contributed by atoms with van der Waals surface area (Å²) in [6.07, 6.45) is 1.00. The molecule has 2 aromatic heterocycles. The highest BCUT2D eigenvalue weighted by molar-refractivity contribution is 14.0. The molecule has 0 unspecified atom stereocenters. The number of aliphatic imine (C=N–C) groups is 1. The molecular formula is C18H31IN6S. The van der Waals surface area contributed by atoms with Crippen LogP contribution in [0.3, 0.4) is 0 Å². The van der Waals surface area contributed by atoms with Crippen LogP contribution in [0.1, 0.15) is 55.2 Å². The molecule has 0 aliphatic heterocycles. The fourth-order valence-electron chi connectivity index (χ4n) is 2.49. The minimum atomic E-state index is 0. The average Bonchev–Trinajstić information content (AvgIpc) is 3.15. The molecule has 0 spiro atoms. The summed E-state index contributed by atoms with van der Waals surface area (Å²) >= 11 is 1.68. The van der Waals surface area contributed by atoms with Crippen LogP contribution in [0, 0.1) is 13.8 Å². The predicted molar refractivity (Wildman–Crippen MR) is 121 cm³/mol. The van der Waals surface area contributed by atoms with Gasteiger partial charge in [-0.15, -0.1) is 35.3 Å². The maximum Gasteiger partial charge on any atom is 0.191 e. The van der Waals surface area contributed by atoms with E-state index in [-0.39, 0.29) is 24.0 Å². The molecule has 0 aromatic carbocycles. The van der Waals surface area contributed by atoms with Gasteiger partial charge in [-0.2, -0.15) is 5.10 Å². The normalized spacial score (nSPS) is 11.5. The second-order valence-corrected chi connectivity index (χ2v) is 7.39. The maximum absolute atomic E-state index is 4.64. The summed E-state index contributed by atoms with van der Waals surface area (Å²) in [5, 5.41) is 14.4. The van der Waals surface area contributed by atoms with Crippen LogP contribution >= 0.6 is 35.3 Å². The maximum atomic E-state index is 4.64. The lowest BCUT2D eigenvalue weighted by molar-refractivity contribution is 0.555. The standard InChI is InChI=1S/C18H30N6S.HI/c1-6-19-18(21-11-17-22-16(12-25-17)13(2)3)20-8-7-9-24-15(5)10-14(4)23-24;/h10,12-13H,6-9,11H2,1-5H3,(H2,19,20,21);1H. The summed E-state index contributed by atoms with van der Waals surface area (Å²) < 4.78 is 2.06. The number of thiazole rings is 1. The molecule has 0 saturated carbocycles. The lowest BCUT2D eigenvalue weighted by Gasteiger charge is -2.11. The first-order valence-electron chi connectivity index (χ1n) is 8.97. The van der Waals surface area contributed by atoms with Crippen LogP contribution in [-0.2, 0) is 13.1 Å². The van der Waals surface area contributed by atoms with Crippen molar-refractivity contribution < 1.29 is 0 Å². The van der Waals surface area contributed by atoms with Crippen molar-refractivity contribution in [3.05, 3.63) is 33.5 Å². The molecule has 0 amide bonds. The molecule has 0 aliphatic carbocycles. The third kappa shape index (κ3) is 7.22. The Balaban J connectivity index is 0.00000338. The van der Waals surface area contributed by atoms with Gasteiger partial charge < -0.3 is 10.6 Å². The molecule has 0 radical (unpaired) electrons. The van der Waals surface area contributed by atoms with Gasteiger partial charge in [0, 0.05) is 30.7 Å². The molecule has 8 heteroatoms. The molecular weight excluding hydrogens is 459 g/mol. The zero-order valence-corrected chi connectivity index (χ0v) is 19.5. The average molecular weight is 490 g/mol. The van der Waals surface area contributed by atoms with Crippen molar-refractivity contribution in [2.45, 2.75) is 60.0 Å². The van der Waals surface area contributed by atoms with Gasteiger partial charge in [-0.3, -0.25) is 4.68 Å². The molecule has 0 aliphatic rings. The minimum Gasteiger partial charge on any atom is -0.357 e. The van der Waals surface area contributed by atoms with E-state index in [2.05, 4.69) is 69.5 Å². The summed E-state index contributed by atoms with van der Waals surface area (Å²) in [7, 11) is 0. The van der Waals surface area contributed by atoms with E-state index in [4.69, 9.17) is 0 Å². The number of aryl methyl sites for hydroxylation is 3. The highest BCUT2D eigenvalue weighted by atomic mass is 127. The first-order valence-corrected chi connectivity index (χ1v) is 9.85. The lowest BCUT2D eigenvalue weighted by atomic mass is 10.2. The summed E-state index contributed by atoms with van der Waals surface area (Å²) in [5.41, 5.74) is 3.44. The molecule has 2 aromatic rings. The van der Waals surface area contributed by atoms with E-state index in [1.165, 1.54) is 5.69 Å². The number of nitrogens with zero attached hydrogens (tertiary/aromatic N) is 4. The van der Waals surface area contributed by atoms with E-state index in [1.54, 1.807) is 11.3 Å². The lowest BCUT2D eigenvalue weighted by Crippen LogP contribution is -2.38. The van der Waals surface area contributed by atoms with Crippen LogP contribution in [0.5, 0.6) is 0 Å². The fraction of sp³-hybridized carbons (Fsp3) is 0.611. The van der Waals surface area contributed by atoms with Crippen LogP contribution in [0.4, 0.5) is 0 Å². The van der Waals surface area contributed by atoms with E-state index < -0.39 is 0 Å². The number of hydrogen-bond donors (Lipinski definition) is 2. The van der Waals surface area contributed by atoms with Crippen molar-refractivity contribution >= 4 is 41.3 Å². The quantitative estimate of drug-likeness (QED) is 0.256. The number of guanidine groups is 1. The number of aromatic nitrogens is 3. The number of halogens is 1. The molecule has 6 nitrogen and oxygen atoms in total. The molecule has 0 saturated heterocycles. The topological polar surface area (TPSA) is 67.1 Å². The molecule has 2 rings (SSSR count). The van der Waals surface area contributed by atoms with E-state index in [1.807, 2.05) is 6.92 Å². The molecule has 2 heterocycles. The zero-order valence-electron chi connectivity index (χ0n) is 16.4. The zero-order chi connectivity index (χ0) is 18.2. The summed E-state index contributed by atoms with van der Waals surface area (Å²) in [6.45, 7) is 13.8. The van der Waals surface area contributed by atoms with E-state index in [0.29, 0.717) is 12.5 Å². The van der Waals surface area contributed by atoms with Gasteiger partial charge in [-0.05, 0) is 39.2 Å². The molecule has 2 N–H and O–H groups in total. The smallest absolute Gasteiger partial charge is 0.191 e. The Bertz CT molecular complexity index is 692. The van der Waals surface area contributed by atoms with Crippen LogP contribution in [0.2, 0.25) is 0 Å². The van der Waals surface area contributed by atoms with Gasteiger partial charge in [0.25, 0.3) is 0 Å². The van der Waals surface area contributed by atoms with Gasteiger partial charge >= 0.3 is 0 Å². The Morgan fingerprint density at radius 2 is 2.08 bits per heavy atom. The van der Waals surface area contributed by atoms with Crippen LogP contribution in [-0.4, -0.2) is 33.8 Å². The first-order chi connectivity index (χ1) is 12.0. The largest absolute Gasteiger partial charge is 0.357 e. The molecule has 0 atom stereocenters. The molecule has 146 valence electrons. The highest BCUT2D eigenvalue weighted by Gasteiger charge is 2.06. The number of nitrogens with one attached hydrogen (secondary N) is 2. The Labute approximate surface area is 177 Å². The van der Waals surface area contributed by atoms with Crippen molar-refractivity contribution in [3.63, 3.8) is 0 Å². The third-order valence-corrected chi connectivity index (χ3v) is 4.67. The second kappa shape index (κ2) is 11.5. The van der Waals surface area contributed by atoms with E-state index >= 15 is 0 Å². The van der Waals surface area contributed by atoms with Crippen LogP contribution < -0.4 is 10.6 Å². The van der Waals surface area contributed by atoms with Gasteiger partial charge in [-0.25, -0.2) is 9.98 Å². The van der Waals surface area contributed by atoms with Crippen molar-refractivity contribution in [1.82, 2.24) is 25.4 Å². The Morgan fingerprint density at radius 1 is 1.31 bits per heavy atom. The molecule has 0 bridgehead atoms. The van der Waals surface area contributed by atoms with Gasteiger partial charge in [0.15, 0.2) is 5.96 Å². The molecule has 26 heavy (non-hydrogen) atoms. The van der Waals surface area contributed by atoms with Crippen molar-refractivity contribution in [1.29, 1.82) is 0 Å². The third-order valence-electron chi connectivity index (χ3n) is 3.82.